The summed E-state index contributed by atoms with van der Waals surface area (Å²) in [7, 11) is 0. The minimum absolute atomic E-state index is 0.724. The molecule has 0 fully saturated rings. The number of nitrogens with zero attached hydrogens (tertiary/aromatic N) is 4. The zero-order valence-corrected chi connectivity index (χ0v) is 6.82. The topological polar surface area (TPSA) is 63.6 Å². The average Bonchev–Trinajstić information content (AvgIpc) is 2.59. The summed E-state index contributed by atoms with van der Waals surface area (Å²) in [5.41, 5.74) is 1.66. The lowest BCUT2D eigenvalue weighted by atomic mass is 10.6. The van der Waals surface area contributed by atoms with Gasteiger partial charge in [0.1, 0.15) is 17.7 Å². The summed E-state index contributed by atoms with van der Waals surface area (Å²) in [5, 5.41) is 11.2. The summed E-state index contributed by atoms with van der Waals surface area (Å²) in [5.74, 6) is 0.724. The van der Waals surface area contributed by atoms with Crippen molar-refractivity contribution in [3.05, 3.63) is 24.1 Å². The first-order valence-corrected chi connectivity index (χ1v) is 4.12. The summed E-state index contributed by atoms with van der Waals surface area (Å²) < 4.78 is 0. The first kappa shape index (κ1) is 7.11. The Balaban J connectivity index is 2.15. The van der Waals surface area contributed by atoms with Gasteiger partial charge in [-0.15, -0.1) is 10.2 Å². The van der Waals surface area contributed by atoms with Gasteiger partial charge in [0.15, 0.2) is 0 Å². The average molecular weight is 179 g/mol. The molecule has 0 saturated heterocycles. The minimum atomic E-state index is 0.724. The number of nitrogens with one attached hydrogen (secondary N) is 1. The van der Waals surface area contributed by atoms with E-state index in [9.17, 15) is 0 Å². The lowest BCUT2D eigenvalue weighted by Gasteiger charge is -1.97. The lowest BCUT2D eigenvalue weighted by Crippen LogP contribution is -1.92. The number of hydrogen-bond donors (Lipinski definition) is 1. The van der Waals surface area contributed by atoms with E-state index in [2.05, 4.69) is 25.5 Å². The molecule has 2 aromatic heterocycles. The Bertz CT molecular complexity index is 332. The highest BCUT2D eigenvalue weighted by Crippen LogP contribution is 2.13. The van der Waals surface area contributed by atoms with Crippen LogP contribution < -0.4 is 5.32 Å². The van der Waals surface area contributed by atoms with Crippen LogP contribution in [0.2, 0.25) is 0 Å². The molecule has 5 nitrogen and oxygen atoms in total. The van der Waals surface area contributed by atoms with Gasteiger partial charge in [0.05, 0.1) is 0 Å². The predicted octanol–water partition coefficient (Wildman–Crippen LogP) is 1.07. The minimum Gasteiger partial charge on any atom is -0.315 e. The molecule has 0 spiro atoms. The molecule has 0 saturated carbocycles. The van der Waals surface area contributed by atoms with Crippen molar-refractivity contribution in [1.29, 1.82) is 0 Å². The first-order chi connectivity index (χ1) is 5.95. The maximum absolute atomic E-state index is 3.97. The van der Waals surface area contributed by atoms with E-state index in [0.717, 1.165) is 10.9 Å². The van der Waals surface area contributed by atoms with Crippen LogP contribution in [0.25, 0.3) is 0 Å². The third-order valence-electron chi connectivity index (χ3n) is 1.18. The number of hydrogen-bond acceptors (Lipinski definition) is 6. The smallest absolute Gasteiger partial charge is 0.210 e. The molecule has 0 amide bonds. The molecule has 0 aliphatic carbocycles. The quantitative estimate of drug-likeness (QED) is 0.747. The van der Waals surface area contributed by atoms with E-state index in [1.807, 2.05) is 0 Å². The molecule has 2 aromatic rings. The highest BCUT2D eigenvalue weighted by atomic mass is 32.1. The van der Waals surface area contributed by atoms with Crippen molar-refractivity contribution in [1.82, 2.24) is 20.2 Å². The maximum atomic E-state index is 3.97. The second-order valence-electron chi connectivity index (χ2n) is 1.96. The Morgan fingerprint density at radius 1 is 1.42 bits per heavy atom. The SMILES string of the molecule is c1cc(Nc2nncs2)ncn1. The van der Waals surface area contributed by atoms with Crippen LogP contribution >= 0.6 is 11.3 Å². The number of rotatable bonds is 2. The molecular formula is C6H5N5S. The van der Waals surface area contributed by atoms with Gasteiger partial charge in [0.2, 0.25) is 5.13 Å². The van der Waals surface area contributed by atoms with Crippen LogP contribution in [-0.4, -0.2) is 20.2 Å². The Kier molecular flexibility index (Phi) is 1.91. The molecule has 0 aromatic carbocycles. The largest absolute Gasteiger partial charge is 0.315 e. The molecule has 1 N–H and O–H groups in total. The molecule has 2 heterocycles. The van der Waals surface area contributed by atoms with Crippen molar-refractivity contribution >= 4 is 22.3 Å². The highest BCUT2D eigenvalue weighted by molar-refractivity contribution is 7.13. The fourth-order valence-corrected chi connectivity index (χ4v) is 1.15. The first-order valence-electron chi connectivity index (χ1n) is 3.24. The fraction of sp³-hybridized carbons (Fsp3) is 0. The van der Waals surface area contributed by atoms with Gasteiger partial charge in [-0.25, -0.2) is 9.97 Å². The molecule has 0 aliphatic rings. The summed E-state index contributed by atoms with van der Waals surface area (Å²) >= 11 is 1.42. The van der Waals surface area contributed by atoms with Crippen molar-refractivity contribution in [2.45, 2.75) is 0 Å². The van der Waals surface area contributed by atoms with Gasteiger partial charge >= 0.3 is 0 Å². The Labute approximate surface area is 72.5 Å². The molecule has 0 aliphatic heterocycles. The van der Waals surface area contributed by atoms with Gasteiger partial charge in [-0.05, 0) is 6.07 Å². The monoisotopic (exact) mass is 179 g/mol. The Morgan fingerprint density at radius 2 is 2.42 bits per heavy atom. The third kappa shape index (κ3) is 1.54. The van der Waals surface area contributed by atoms with Gasteiger partial charge in [0, 0.05) is 6.20 Å². The van der Waals surface area contributed by atoms with Crippen LogP contribution in [-0.2, 0) is 0 Å². The van der Waals surface area contributed by atoms with Crippen LogP contribution in [0.1, 0.15) is 0 Å². The number of aromatic nitrogens is 4. The zero-order valence-electron chi connectivity index (χ0n) is 6.01. The van der Waals surface area contributed by atoms with Crippen molar-refractivity contribution < 1.29 is 0 Å². The summed E-state index contributed by atoms with van der Waals surface area (Å²) in [6.45, 7) is 0. The summed E-state index contributed by atoms with van der Waals surface area (Å²) in [6, 6.07) is 1.77. The van der Waals surface area contributed by atoms with E-state index >= 15 is 0 Å². The summed E-state index contributed by atoms with van der Waals surface area (Å²) in [6.07, 6.45) is 3.14. The maximum Gasteiger partial charge on any atom is 0.210 e. The molecule has 0 radical (unpaired) electrons. The molecule has 0 unspecified atom stereocenters. The zero-order chi connectivity index (χ0) is 8.23. The normalized spacial score (nSPS) is 9.67. The van der Waals surface area contributed by atoms with Crippen LogP contribution in [0, 0.1) is 0 Å². The van der Waals surface area contributed by atoms with Gasteiger partial charge in [-0.2, -0.15) is 0 Å². The number of anilines is 2. The van der Waals surface area contributed by atoms with Gasteiger partial charge < -0.3 is 5.32 Å². The van der Waals surface area contributed by atoms with E-state index in [4.69, 9.17) is 0 Å². The second-order valence-corrected chi connectivity index (χ2v) is 2.80. The summed E-state index contributed by atoms with van der Waals surface area (Å²) in [4.78, 5) is 7.76. The van der Waals surface area contributed by atoms with E-state index in [1.54, 1.807) is 17.8 Å². The molecule has 0 atom stereocenters. The fourth-order valence-electron chi connectivity index (χ4n) is 0.702. The van der Waals surface area contributed by atoms with Crippen LogP contribution in [0.3, 0.4) is 0 Å². The van der Waals surface area contributed by atoms with E-state index in [1.165, 1.54) is 17.7 Å². The highest BCUT2D eigenvalue weighted by Gasteiger charge is 1.96. The van der Waals surface area contributed by atoms with Crippen molar-refractivity contribution in [2.75, 3.05) is 5.32 Å². The standard InChI is InChI=1S/C6H5N5S/c1-2-7-3-8-5(1)10-6-11-9-4-12-6/h1-4H,(H,7,8,10,11). The van der Waals surface area contributed by atoms with Gasteiger partial charge in [-0.1, -0.05) is 11.3 Å². The molecule has 60 valence electrons. The molecule has 2 rings (SSSR count). The third-order valence-corrected chi connectivity index (χ3v) is 1.78. The molecule has 0 bridgehead atoms. The van der Waals surface area contributed by atoms with E-state index in [-0.39, 0.29) is 0 Å². The Hall–Kier alpha value is -1.56. The van der Waals surface area contributed by atoms with E-state index < -0.39 is 0 Å². The lowest BCUT2D eigenvalue weighted by molar-refractivity contribution is 1.08. The molecule has 12 heavy (non-hydrogen) atoms. The predicted molar refractivity (Wildman–Crippen MR) is 45.2 cm³/mol. The molecular weight excluding hydrogens is 174 g/mol. The van der Waals surface area contributed by atoms with Crippen LogP contribution in [0.4, 0.5) is 10.9 Å². The van der Waals surface area contributed by atoms with Crippen molar-refractivity contribution in [3.63, 3.8) is 0 Å². The van der Waals surface area contributed by atoms with Gasteiger partial charge in [-0.3, -0.25) is 0 Å². The van der Waals surface area contributed by atoms with Crippen molar-refractivity contribution in [2.24, 2.45) is 0 Å². The molecule has 6 heteroatoms. The second kappa shape index (κ2) is 3.22. The van der Waals surface area contributed by atoms with Crippen LogP contribution in [0.5, 0.6) is 0 Å². The van der Waals surface area contributed by atoms with Crippen LogP contribution in [0.15, 0.2) is 24.1 Å². The Morgan fingerprint density at radius 3 is 3.08 bits per heavy atom. The van der Waals surface area contributed by atoms with Crippen molar-refractivity contribution in [3.8, 4) is 0 Å². The van der Waals surface area contributed by atoms with Gasteiger partial charge in [0.25, 0.3) is 0 Å². The van der Waals surface area contributed by atoms with E-state index in [0.29, 0.717) is 0 Å².